The number of methoxy groups -OCH3 is 1. The summed E-state index contributed by atoms with van der Waals surface area (Å²) in [7, 11) is -2.89. The van der Waals surface area contributed by atoms with E-state index in [1.54, 1.807) is 36.4 Å². The van der Waals surface area contributed by atoms with Crippen molar-refractivity contribution in [2.45, 2.75) is 31.1 Å². The van der Waals surface area contributed by atoms with Crippen molar-refractivity contribution >= 4 is 37.4 Å². The summed E-state index contributed by atoms with van der Waals surface area (Å²) in [6.45, 7) is 6.12. The summed E-state index contributed by atoms with van der Waals surface area (Å²) in [5.41, 5.74) is 1.53. The van der Waals surface area contributed by atoms with Gasteiger partial charge in [-0.1, -0.05) is 48.8 Å². The van der Waals surface area contributed by atoms with Gasteiger partial charge >= 0.3 is 5.97 Å². The molecule has 2 rings (SSSR count). The minimum atomic E-state index is -4.04. The lowest BCUT2D eigenvalue weighted by Gasteiger charge is -2.19. The van der Waals surface area contributed by atoms with Crippen molar-refractivity contribution in [3.8, 4) is 0 Å². The molecule has 0 fully saturated rings. The highest BCUT2D eigenvalue weighted by Crippen LogP contribution is 2.26. The van der Waals surface area contributed by atoms with Gasteiger partial charge in [0.1, 0.15) is 0 Å². The van der Waals surface area contributed by atoms with Crippen LogP contribution in [0.5, 0.6) is 0 Å². The fourth-order valence-corrected chi connectivity index (χ4v) is 3.83. The molecule has 1 N–H and O–H groups in total. The normalized spacial score (nSPS) is 12.6. The number of esters is 1. The van der Waals surface area contributed by atoms with Gasteiger partial charge in [0.25, 0.3) is 0 Å². The molecule has 0 aliphatic carbocycles. The predicted octanol–water partition coefficient (Wildman–Crippen LogP) is 4.65. The van der Waals surface area contributed by atoms with E-state index in [1.807, 2.05) is 20.8 Å². The second-order valence-corrected chi connectivity index (χ2v) is 9.76. The van der Waals surface area contributed by atoms with Gasteiger partial charge in [0.2, 0.25) is 9.84 Å². The zero-order chi connectivity index (χ0) is 20.2. The maximum absolute atomic E-state index is 13.0. The van der Waals surface area contributed by atoms with E-state index in [-0.39, 0.29) is 10.3 Å². The second kappa shape index (κ2) is 8.27. The number of hydrogen-bond acceptors (Lipinski definition) is 5. The molecule has 0 saturated carbocycles. The van der Waals surface area contributed by atoms with E-state index in [0.29, 0.717) is 5.69 Å². The molecule has 0 spiro atoms. The summed E-state index contributed by atoms with van der Waals surface area (Å²) in [5, 5.41) is 2.84. The third kappa shape index (κ3) is 5.20. The topological polar surface area (TPSA) is 72.5 Å². The van der Waals surface area contributed by atoms with Crippen molar-refractivity contribution < 1.29 is 17.9 Å². The molecule has 2 aromatic rings. The van der Waals surface area contributed by atoms with Crippen LogP contribution in [0.2, 0.25) is 0 Å². The van der Waals surface area contributed by atoms with Gasteiger partial charge in [-0.3, -0.25) is 0 Å². The smallest absolute Gasteiger partial charge is 0.351 e. The number of nitrogens with one attached hydrogen (secondary N) is 1. The first-order chi connectivity index (χ1) is 12.6. The lowest BCUT2D eigenvalue weighted by molar-refractivity contribution is -0.135. The van der Waals surface area contributed by atoms with Crippen molar-refractivity contribution in [3.63, 3.8) is 0 Å². The monoisotopic (exact) mass is 451 g/mol. The molecule has 5 nitrogen and oxygen atoms in total. The van der Waals surface area contributed by atoms with Gasteiger partial charge in [0.15, 0.2) is 4.91 Å². The summed E-state index contributed by atoms with van der Waals surface area (Å²) in [6, 6.07) is 13.6. The zero-order valence-electron chi connectivity index (χ0n) is 15.6. The highest BCUT2D eigenvalue weighted by molar-refractivity contribution is 9.10. The highest BCUT2D eigenvalue weighted by Gasteiger charge is 2.28. The standard InChI is InChI=1S/C20H22BrNO4S/c1-20(2,3)14-5-11-17(12-6-14)27(24,25)18(19(23)26-4)13-22-16-9-7-15(21)8-10-16/h5-13,22H,1-4H3/b18-13-. The van der Waals surface area contributed by atoms with Crippen molar-refractivity contribution in [1.29, 1.82) is 0 Å². The van der Waals surface area contributed by atoms with Crippen molar-refractivity contribution in [1.82, 2.24) is 0 Å². The Morgan fingerprint density at radius 1 is 1.04 bits per heavy atom. The maximum Gasteiger partial charge on any atom is 0.351 e. The fraction of sp³-hybridized carbons (Fsp3) is 0.250. The fourth-order valence-electron chi connectivity index (χ4n) is 2.30. The van der Waals surface area contributed by atoms with Crippen LogP contribution in [0, 0.1) is 0 Å². The minimum absolute atomic E-state index is 0.0322. The van der Waals surface area contributed by atoms with Gasteiger partial charge in [0.05, 0.1) is 12.0 Å². The Kier molecular flexibility index (Phi) is 6.49. The summed E-state index contributed by atoms with van der Waals surface area (Å²) >= 11 is 3.33. The first-order valence-corrected chi connectivity index (χ1v) is 10.5. The Hall–Kier alpha value is -2.12. The first kappa shape index (κ1) is 21.2. The van der Waals surface area contributed by atoms with E-state index >= 15 is 0 Å². The van der Waals surface area contributed by atoms with Crippen LogP contribution in [0.25, 0.3) is 0 Å². The average molecular weight is 452 g/mol. The Morgan fingerprint density at radius 2 is 1.59 bits per heavy atom. The molecule has 0 unspecified atom stereocenters. The molecular weight excluding hydrogens is 430 g/mol. The van der Waals surface area contributed by atoms with Crippen LogP contribution >= 0.6 is 15.9 Å². The van der Waals surface area contributed by atoms with Gasteiger partial charge in [-0.25, -0.2) is 13.2 Å². The minimum Gasteiger partial charge on any atom is -0.465 e. The summed E-state index contributed by atoms with van der Waals surface area (Å²) in [6.07, 6.45) is 1.15. The number of carbonyl (C=O) groups is 1. The van der Waals surface area contributed by atoms with E-state index in [0.717, 1.165) is 23.3 Å². The molecule has 0 aromatic heterocycles. The number of hydrogen-bond donors (Lipinski definition) is 1. The summed E-state index contributed by atoms with van der Waals surface area (Å²) in [5.74, 6) is -0.931. The van der Waals surface area contributed by atoms with Gasteiger partial charge in [-0.05, 0) is 47.4 Å². The van der Waals surface area contributed by atoms with Gasteiger partial charge in [-0.15, -0.1) is 0 Å². The molecule has 0 radical (unpaired) electrons. The number of halogens is 1. The highest BCUT2D eigenvalue weighted by atomic mass is 79.9. The first-order valence-electron chi connectivity index (χ1n) is 8.22. The molecule has 0 aliphatic rings. The Labute approximate surface area is 168 Å². The molecule has 0 aliphatic heterocycles. The van der Waals surface area contributed by atoms with Crippen LogP contribution in [-0.4, -0.2) is 21.5 Å². The average Bonchev–Trinajstić information content (AvgIpc) is 2.62. The molecule has 7 heteroatoms. The van der Waals surface area contributed by atoms with E-state index in [1.165, 1.54) is 12.1 Å². The quantitative estimate of drug-likeness (QED) is 0.528. The van der Waals surface area contributed by atoms with E-state index < -0.39 is 20.7 Å². The van der Waals surface area contributed by atoms with Crippen LogP contribution in [0.1, 0.15) is 26.3 Å². The second-order valence-electron chi connectivity index (χ2n) is 6.93. The van der Waals surface area contributed by atoms with Crippen LogP contribution < -0.4 is 5.32 Å². The van der Waals surface area contributed by atoms with Crippen molar-refractivity contribution in [2.75, 3.05) is 12.4 Å². The molecule has 0 atom stereocenters. The van der Waals surface area contributed by atoms with E-state index in [9.17, 15) is 13.2 Å². The van der Waals surface area contributed by atoms with Gasteiger partial charge < -0.3 is 10.1 Å². The van der Waals surface area contributed by atoms with Crippen LogP contribution in [0.4, 0.5) is 5.69 Å². The van der Waals surface area contributed by atoms with E-state index in [4.69, 9.17) is 0 Å². The van der Waals surface area contributed by atoms with Crippen LogP contribution in [0.3, 0.4) is 0 Å². The van der Waals surface area contributed by atoms with E-state index in [2.05, 4.69) is 26.0 Å². The number of ether oxygens (including phenoxy) is 1. The molecule has 144 valence electrons. The molecule has 27 heavy (non-hydrogen) atoms. The summed E-state index contributed by atoms with van der Waals surface area (Å²) in [4.78, 5) is 11.7. The maximum atomic E-state index is 13.0. The molecule has 0 bridgehead atoms. The van der Waals surface area contributed by atoms with Crippen molar-refractivity contribution in [3.05, 3.63) is 69.7 Å². The van der Waals surface area contributed by atoms with Crippen molar-refractivity contribution in [2.24, 2.45) is 0 Å². The Morgan fingerprint density at radius 3 is 2.07 bits per heavy atom. The third-order valence-corrected chi connectivity index (χ3v) is 6.21. The molecule has 2 aromatic carbocycles. The summed E-state index contributed by atoms with van der Waals surface area (Å²) < 4.78 is 31.5. The van der Waals surface area contributed by atoms with Gasteiger partial charge in [0, 0.05) is 16.4 Å². The Bertz CT molecular complexity index is 941. The molecule has 0 amide bonds. The lowest BCUT2D eigenvalue weighted by atomic mass is 9.87. The largest absolute Gasteiger partial charge is 0.465 e. The third-order valence-electron chi connectivity index (χ3n) is 3.92. The molecular formula is C20H22BrNO4S. The number of anilines is 1. The lowest BCUT2D eigenvalue weighted by Crippen LogP contribution is -2.17. The number of rotatable bonds is 5. The number of sulfone groups is 1. The van der Waals surface area contributed by atoms with Gasteiger partial charge in [-0.2, -0.15) is 0 Å². The molecule has 0 heterocycles. The predicted molar refractivity (Wildman–Crippen MR) is 110 cm³/mol. The Balaban J connectivity index is 2.40. The van der Waals surface area contributed by atoms with Crippen LogP contribution in [-0.2, 0) is 24.8 Å². The van der Waals surface area contributed by atoms with Crippen LogP contribution in [0.15, 0.2) is 69.0 Å². The zero-order valence-corrected chi connectivity index (χ0v) is 18.0. The number of carbonyl (C=O) groups excluding carboxylic acids is 1. The molecule has 0 saturated heterocycles. The number of benzene rings is 2. The SMILES string of the molecule is COC(=O)/C(=C/Nc1ccc(Br)cc1)S(=O)(=O)c1ccc(C(C)(C)C)cc1.